The van der Waals surface area contributed by atoms with E-state index in [4.69, 9.17) is 9.84 Å². The average Bonchev–Trinajstić information content (AvgIpc) is 2.91. The molecule has 0 spiro atoms. The van der Waals surface area contributed by atoms with E-state index in [2.05, 4.69) is 56.4 Å². The predicted octanol–water partition coefficient (Wildman–Crippen LogP) is 10.8. The Labute approximate surface area is 241 Å². The average molecular weight is 545 g/mol. The maximum absolute atomic E-state index is 12.5. The Balaban J connectivity index is 4.14. The van der Waals surface area contributed by atoms with Gasteiger partial charge in [-0.25, -0.2) is 0 Å². The van der Waals surface area contributed by atoms with E-state index in [1.54, 1.807) is 0 Å². The topological polar surface area (TPSA) is 63.6 Å². The van der Waals surface area contributed by atoms with Crippen LogP contribution in [0.25, 0.3) is 0 Å². The van der Waals surface area contributed by atoms with Crippen molar-refractivity contribution in [2.75, 3.05) is 0 Å². The number of hydrogen-bond donors (Lipinski definition) is 1. The molecule has 0 fully saturated rings. The first-order valence-corrected chi connectivity index (χ1v) is 16.1. The van der Waals surface area contributed by atoms with Gasteiger partial charge < -0.3 is 9.84 Å². The molecule has 224 valence electrons. The number of carbonyl (C=O) groups is 2. The fraction of sp³-hybridized carbons (Fsp3) is 0.714. The van der Waals surface area contributed by atoms with Crippen LogP contribution in [0.2, 0.25) is 0 Å². The predicted molar refractivity (Wildman–Crippen MR) is 167 cm³/mol. The van der Waals surface area contributed by atoms with Crippen molar-refractivity contribution in [1.82, 2.24) is 0 Å². The fourth-order valence-corrected chi connectivity index (χ4v) is 4.32. The highest BCUT2D eigenvalue weighted by molar-refractivity contribution is 5.69. The zero-order valence-corrected chi connectivity index (χ0v) is 25.4. The van der Waals surface area contributed by atoms with Gasteiger partial charge in [0.1, 0.15) is 6.10 Å². The molecule has 0 aromatic heterocycles. The van der Waals surface area contributed by atoms with E-state index in [1.165, 1.54) is 57.8 Å². The maximum Gasteiger partial charge on any atom is 0.306 e. The van der Waals surface area contributed by atoms with Crippen LogP contribution >= 0.6 is 0 Å². The van der Waals surface area contributed by atoms with E-state index in [-0.39, 0.29) is 18.5 Å². The van der Waals surface area contributed by atoms with E-state index in [0.29, 0.717) is 12.8 Å². The molecule has 0 aliphatic heterocycles. The lowest BCUT2D eigenvalue weighted by Crippen LogP contribution is -2.16. The number of carboxylic acid groups (broad SMARTS) is 1. The summed E-state index contributed by atoms with van der Waals surface area (Å²) in [7, 11) is 0. The highest BCUT2D eigenvalue weighted by Crippen LogP contribution is 2.14. The zero-order valence-electron chi connectivity index (χ0n) is 25.4. The van der Waals surface area contributed by atoms with Crippen LogP contribution in [0.4, 0.5) is 0 Å². The molecule has 0 aromatic rings. The number of esters is 1. The van der Waals surface area contributed by atoms with Gasteiger partial charge in [0, 0.05) is 12.8 Å². The highest BCUT2D eigenvalue weighted by atomic mass is 16.5. The molecule has 1 N–H and O–H groups in total. The largest absolute Gasteiger partial charge is 0.481 e. The lowest BCUT2D eigenvalue weighted by Gasteiger charge is -2.14. The Bertz CT molecular complexity index is 674. The fourth-order valence-electron chi connectivity index (χ4n) is 4.32. The van der Waals surface area contributed by atoms with Crippen molar-refractivity contribution in [3.8, 4) is 0 Å². The second-order valence-electron chi connectivity index (χ2n) is 10.6. The van der Waals surface area contributed by atoms with Gasteiger partial charge in [-0.05, 0) is 76.7 Å². The van der Waals surface area contributed by atoms with Gasteiger partial charge in [-0.15, -0.1) is 0 Å². The molecule has 39 heavy (non-hydrogen) atoms. The molecule has 4 heteroatoms. The van der Waals surface area contributed by atoms with Gasteiger partial charge in [0.25, 0.3) is 0 Å². The molecule has 0 saturated heterocycles. The Hall–Kier alpha value is -2.10. The van der Waals surface area contributed by atoms with Crippen LogP contribution in [0.3, 0.4) is 0 Å². The molecule has 1 unspecified atom stereocenters. The lowest BCUT2D eigenvalue weighted by atomic mass is 10.1. The Morgan fingerprint density at radius 2 is 1.10 bits per heavy atom. The van der Waals surface area contributed by atoms with Crippen molar-refractivity contribution in [2.45, 2.75) is 161 Å². The third kappa shape index (κ3) is 30.3. The van der Waals surface area contributed by atoms with Crippen molar-refractivity contribution in [2.24, 2.45) is 0 Å². The van der Waals surface area contributed by atoms with Gasteiger partial charge in [0.05, 0.1) is 0 Å². The Morgan fingerprint density at radius 1 is 0.590 bits per heavy atom. The van der Waals surface area contributed by atoms with Crippen LogP contribution in [-0.4, -0.2) is 23.1 Å². The van der Waals surface area contributed by atoms with Gasteiger partial charge in [-0.3, -0.25) is 9.59 Å². The summed E-state index contributed by atoms with van der Waals surface area (Å²) in [5.41, 5.74) is 0. The van der Waals surface area contributed by atoms with Crippen LogP contribution in [0.1, 0.15) is 155 Å². The van der Waals surface area contributed by atoms with E-state index in [9.17, 15) is 9.59 Å². The summed E-state index contributed by atoms with van der Waals surface area (Å²) < 4.78 is 5.81. The first kappa shape index (κ1) is 36.9. The molecule has 4 nitrogen and oxygen atoms in total. The van der Waals surface area contributed by atoms with Gasteiger partial charge >= 0.3 is 11.9 Å². The van der Waals surface area contributed by atoms with Crippen molar-refractivity contribution in [3.63, 3.8) is 0 Å². The van der Waals surface area contributed by atoms with Crippen LogP contribution in [-0.2, 0) is 14.3 Å². The Kier molecular flexibility index (Phi) is 28.8. The molecule has 1 atom stereocenters. The number of carbonyl (C=O) groups excluding carboxylic acids is 1. The SMILES string of the molecule is CCCC/C=C\C/C=C\CCCCCCCC(=O)OC(/C=C\C/C=C\CCCCC)CCCCCCC(=O)O. The molecule has 0 amide bonds. The number of carboxylic acids is 1. The minimum absolute atomic E-state index is 0.0967. The van der Waals surface area contributed by atoms with E-state index in [1.807, 2.05) is 6.08 Å². The van der Waals surface area contributed by atoms with E-state index >= 15 is 0 Å². The van der Waals surface area contributed by atoms with Crippen LogP contribution in [0.5, 0.6) is 0 Å². The molecule has 0 heterocycles. The number of ether oxygens (including phenoxy) is 1. The standard InChI is InChI=1S/C35H60O4/c1-3-5-7-9-11-13-14-15-16-17-18-20-22-28-32-35(38)39-33(30-26-23-24-27-31-34(36)37)29-25-21-19-12-10-8-6-4-2/h9,11-12,14-15,19,25,29,33H,3-8,10,13,16-18,20-24,26-28,30-32H2,1-2H3,(H,36,37)/b11-9-,15-14-,19-12-,29-25-. The lowest BCUT2D eigenvalue weighted by molar-refractivity contribution is -0.147. The molecular formula is C35H60O4. The number of unbranched alkanes of at least 4 members (excludes halogenated alkanes) is 13. The summed E-state index contributed by atoms with van der Waals surface area (Å²) in [6.07, 6.45) is 39.8. The van der Waals surface area contributed by atoms with E-state index in [0.717, 1.165) is 64.2 Å². The van der Waals surface area contributed by atoms with Gasteiger partial charge in [-0.1, -0.05) is 114 Å². The maximum atomic E-state index is 12.5. The second-order valence-corrected chi connectivity index (χ2v) is 10.6. The van der Waals surface area contributed by atoms with Crippen LogP contribution < -0.4 is 0 Å². The van der Waals surface area contributed by atoms with Crippen molar-refractivity contribution in [1.29, 1.82) is 0 Å². The zero-order chi connectivity index (χ0) is 28.7. The summed E-state index contributed by atoms with van der Waals surface area (Å²) in [5, 5.41) is 8.78. The number of aliphatic carboxylic acids is 1. The molecule has 0 rings (SSSR count). The molecule has 0 radical (unpaired) electrons. The molecule has 0 aliphatic carbocycles. The summed E-state index contributed by atoms with van der Waals surface area (Å²) in [6.45, 7) is 4.44. The van der Waals surface area contributed by atoms with Crippen molar-refractivity contribution < 1.29 is 19.4 Å². The van der Waals surface area contributed by atoms with Gasteiger partial charge in [-0.2, -0.15) is 0 Å². The van der Waals surface area contributed by atoms with Crippen molar-refractivity contribution >= 4 is 11.9 Å². The quantitative estimate of drug-likeness (QED) is 0.0604. The van der Waals surface area contributed by atoms with E-state index < -0.39 is 5.97 Å². The minimum atomic E-state index is -0.731. The Morgan fingerprint density at radius 3 is 1.74 bits per heavy atom. The third-order valence-electron chi connectivity index (χ3n) is 6.76. The summed E-state index contributed by atoms with van der Waals surface area (Å²) in [6, 6.07) is 0. The summed E-state index contributed by atoms with van der Waals surface area (Å²) >= 11 is 0. The van der Waals surface area contributed by atoms with Crippen molar-refractivity contribution in [3.05, 3.63) is 48.6 Å². The summed E-state index contributed by atoms with van der Waals surface area (Å²) in [5.74, 6) is -0.828. The first-order valence-electron chi connectivity index (χ1n) is 16.1. The number of rotatable bonds is 28. The second kappa shape index (κ2) is 30.4. The van der Waals surface area contributed by atoms with Crippen LogP contribution in [0, 0.1) is 0 Å². The minimum Gasteiger partial charge on any atom is -0.481 e. The first-order chi connectivity index (χ1) is 19.1. The van der Waals surface area contributed by atoms with Gasteiger partial charge in [0.2, 0.25) is 0 Å². The number of hydrogen-bond acceptors (Lipinski definition) is 3. The normalized spacial score (nSPS) is 12.9. The summed E-state index contributed by atoms with van der Waals surface area (Å²) in [4.78, 5) is 23.1. The monoisotopic (exact) mass is 544 g/mol. The molecular weight excluding hydrogens is 484 g/mol. The number of allylic oxidation sites excluding steroid dienone is 7. The molecule has 0 bridgehead atoms. The third-order valence-corrected chi connectivity index (χ3v) is 6.76. The smallest absolute Gasteiger partial charge is 0.306 e. The molecule has 0 saturated carbocycles. The molecule has 0 aromatic carbocycles. The van der Waals surface area contributed by atoms with Crippen LogP contribution in [0.15, 0.2) is 48.6 Å². The van der Waals surface area contributed by atoms with Gasteiger partial charge in [0.15, 0.2) is 0 Å². The highest BCUT2D eigenvalue weighted by Gasteiger charge is 2.11. The molecule has 0 aliphatic rings.